The molecule has 2 heterocycles. The summed E-state index contributed by atoms with van der Waals surface area (Å²) >= 11 is 0. The van der Waals surface area contributed by atoms with Gasteiger partial charge in [-0.25, -0.2) is 8.42 Å². The Labute approximate surface area is 118 Å². The Kier molecular flexibility index (Phi) is 4.07. The fourth-order valence-corrected chi connectivity index (χ4v) is 3.65. The molecule has 7 nitrogen and oxygen atoms in total. The summed E-state index contributed by atoms with van der Waals surface area (Å²) in [6.45, 7) is 1.38. The number of sulfonamides is 1. The number of nitrogens with two attached hydrogens (primary N) is 1. The molecule has 2 rings (SSSR count). The van der Waals surface area contributed by atoms with Gasteiger partial charge in [0.2, 0.25) is 10.0 Å². The summed E-state index contributed by atoms with van der Waals surface area (Å²) in [7, 11) is -1.77. The Morgan fingerprint density at radius 1 is 1.50 bits per heavy atom. The van der Waals surface area contributed by atoms with Gasteiger partial charge in [0, 0.05) is 25.5 Å². The van der Waals surface area contributed by atoms with Crippen LogP contribution >= 0.6 is 0 Å². The van der Waals surface area contributed by atoms with E-state index in [1.54, 1.807) is 6.07 Å². The standard InChI is InChI=1S/C12H19N5O2S/c1-17-7-4-12(5-8-17,11(13)14)16-20(18,19)10-3-2-6-15-9-10/h2-3,6,9,16H,4-5,7-8H2,1H3,(H3,13,14). The van der Waals surface area contributed by atoms with Gasteiger partial charge in [-0.1, -0.05) is 0 Å². The molecule has 110 valence electrons. The molecule has 0 amide bonds. The second-order valence-electron chi connectivity index (χ2n) is 5.09. The lowest BCUT2D eigenvalue weighted by molar-refractivity contribution is 0.218. The lowest BCUT2D eigenvalue weighted by Gasteiger charge is -2.39. The highest BCUT2D eigenvalue weighted by Crippen LogP contribution is 2.24. The van der Waals surface area contributed by atoms with Gasteiger partial charge in [-0.15, -0.1) is 0 Å². The van der Waals surface area contributed by atoms with Crippen molar-refractivity contribution in [1.82, 2.24) is 14.6 Å². The van der Waals surface area contributed by atoms with Gasteiger partial charge in [-0.05, 0) is 32.0 Å². The molecule has 0 aromatic carbocycles. The van der Waals surface area contributed by atoms with Gasteiger partial charge in [0.15, 0.2) is 0 Å². The van der Waals surface area contributed by atoms with E-state index in [0.717, 1.165) is 0 Å². The van der Waals surface area contributed by atoms with Crippen molar-refractivity contribution in [1.29, 1.82) is 5.41 Å². The van der Waals surface area contributed by atoms with E-state index >= 15 is 0 Å². The van der Waals surface area contributed by atoms with E-state index in [2.05, 4.69) is 14.6 Å². The minimum absolute atomic E-state index is 0.0829. The third-order valence-corrected chi connectivity index (χ3v) is 5.15. The first-order valence-corrected chi connectivity index (χ1v) is 7.81. The number of nitrogens with one attached hydrogen (secondary N) is 2. The molecule has 1 aromatic rings. The van der Waals surface area contributed by atoms with Crippen LogP contribution in [0.1, 0.15) is 12.8 Å². The number of rotatable bonds is 4. The fraction of sp³-hybridized carbons (Fsp3) is 0.500. The first kappa shape index (κ1) is 14.9. The monoisotopic (exact) mass is 297 g/mol. The zero-order valence-corrected chi connectivity index (χ0v) is 12.2. The minimum Gasteiger partial charge on any atom is -0.386 e. The molecular formula is C12H19N5O2S. The molecule has 0 aliphatic carbocycles. The zero-order chi connectivity index (χ0) is 14.8. The Morgan fingerprint density at radius 2 is 2.15 bits per heavy atom. The third kappa shape index (κ3) is 2.97. The Bertz CT molecular complexity index is 579. The van der Waals surface area contributed by atoms with E-state index in [1.165, 1.54) is 18.5 Å². The quantitative estimate of drug-likeness (QED) is 0.524. The van der Waals surface area contributed by atoms with Crippen LogP contribution in [0.25, 0.3) is 0 Å². The number of hydrogen-bond donors (Lipinski definition) is 3. The molecule has 0 atom stereocenters. The first-order valence-electron chi connectivity index (χ1n) is 6.33. The number of nitrogens with zero attached hydrogens (tertiary/aromatic N) is 2. The van der Waals surface area contributed by atoms with Crippen molar-refractivity contribution in [2.75, 3.05) is 20.1 Å². The van der Waals surface area contributed by atoms with Crippen LogP contribution in [0.3, 0.4) is 0 Å². The molecule has 0 spiro atoms. The number of hydrogen-bond acceptors (Lipinski definition) is 5. The van der Waals surface area contributed by atoms with Crippen LogP contribution in [0.5, 0.6) is 0 Å². The van der Waals surface area contributed by atoms with E-state index < -0.39 is 15.6 Å². The molecule has 0 bridgehead atoms. The van der Waals surface area contributed by atoms with Gasteiger partial charge < -0.3 is 10.6 Å². The van der Waals surface area contributed by atoms with Gasteiger partial charge >= 0.3 is 0 Å². The first-order chi connectivity index (χ1) is 9.36. The second kappa shape index (κ2) is 5.47. The second-order valence-corrected chi connectivity index (χ2v) is 6.78. The summed E-state index contributed by atoms with van der Waals surface area (Å²) in [5, 5.41) is 7.76. The lowest BCUT2D eigenvalue weighted by Crippen LogP contribution is -2.61. The number of amidine groups is 1. The lowest BCUT2D eigenvalue weighted by atomic mass is 9.88. The summed E-state index contributed by atoms with van der Waals surface area (Å²) in [4.78, 5) is 5.98. The molecule has 1 aromatic heterocycles. The van der Waals surface area contributed by atoms with Crippen LogP contribution in [0, 0.1) is 5.41 Å². The topological polar surface area (TPSA) is 112 Å². The van der Waals surface area contributed by atoms with E-state index in [4.69, 9.17) is 11.1 Å². The van der Waals surface area contributed by atoms with Crippen molar-refractivity contribution in [3.8, 4) is 0 Å². The number of aromatic nitrogens is 1. The predicted molar refractivity (Wildman–Crippen MR) is 75.9 cm³/mol. The highest BCUT2D eigenvalue weighted by Gasteiger charge is 2.40. The number of likely N-dealkylation sites (tertiary alicyclic amines) is 1. The molecule has 20 heavy (non-hydrogen) atoms. The summed E-state index contributed by atoms with van der Waals surface area (Å²) in [6.07, 6.45) is 3.76. The number of piperidine rings is 1. The highest BCUT2D eigenvalue weighted by molar-refractivity contribution is 7.89. The van der Waals surface area contributed by atoms with Gasteiger partial charge in [-0.2, -0.15) is 4.72 Å². The average molecular weight is 297 g/mol. The van der Waals surface area contributed by atoms with Crippen molar-refractivity contribution < 1.29 is 8.42 Å². The van der Waals surface area contributed by atoms with Crippen molar-refractivity contribution in [2.24, 2.45) is 5.73 Å². The molecule has 1 aliphatic rings. The van der Waals surface area contributed by atoms with Gasteiger partial charge in [-0.3, -0.25) is 10.4 Å². The van der Waals surface area contributed by atoms with Crippen molar-refractivity contribution in [2.45, 2.75) is 23.3 Å². The molecular weight excluding hydrogens is 278 g/mol. The van der Waals surface area contributed by atoms with E-state index in [9.17, 15) is 8.42 Å². The van der Waals surface area contributed by atoms with E-state index in [-0.39, 0.29) is 10.7 Å². The van der Waals surface area contributed by atoms with Crippen LogP contribution in [0.15, 0.2) is 29.4 Å². The smallest absolute Gasteiger partial charge is 0.243 e. The third-order valence-electron chi connectivity index (χ3n) is 3.63. The highest BCUT2D eigenvalue weighted by atomic mass is 32.2. The van der Waals surface area contributed by atoms with Crippen LogP contribution in [-0.4, -0.2) is 49.8 Å². The summed E-state index contributed by atoms with van der Waals surface area (Å²) in [5.74, 6) is -0.141. The zero-order valence-electron chi connectivity index (χ0n) is 11.3. The maximum atomic E-state index is 12.4. The largest absolute Gasteiger partial charge is 0.386 e. The summed E-state index contributed by atoms with van der Waals surface area (Å²) in [5.41, 5.74) is 4.66. The van der Waals surface area contributed by atoms with E-state index in [0.29, 0.717) is 25.9 Å². The SMILES string of the molecule is CN1CCC(NS(=O)(=O)c2cccnc2)(C(=N)N)CC1. The Balaban J connectivity index is 2.27. The molecule has 8 heteroatoms. The summed E-state index contributed by atoms with van der Waals surface area (Å²) in [6, 6.07) is 3.03. The van der Waals surface area contributed by atoms with Gasteiger partial charge in [0.05, 0.1) is 5.54 Å². The summed E-state index contributed by atoms with van der Waals surface area (Å²) < 4.78 is 27.4. The van der Waals surface area contributed by atoms with Crippen LogP contribution in [0.4, 0.5) is 0 Å². The van der Waals surface area contributed by atoms with Crippen LogP contribution < -0.4 is 10.5 Å². The molecule has 1 fully saturated rings. The maximum Gasteiger partial charge on any atom is 0.243 e. The molecule has 0 unspecified atom stereocenters. The molecule has 4 N–H and O–H groups in total. The maximum absolute atomic E-state index is 12.4. The average Bonchev–Trinajstić information content (AvgIpc) is 2.42. The van der Waals surface area contributed by atoms with Crippen molar-refractivity contribution in [3.05, 3.63) is 24.5 Å². The van der Waals surface area contributed by atoms with Crippen LogP contribution in [-0.2, 0) is 10.0 Å². The van der Waals surface area contributed by atoms with E-state index in [1.807, 2.05) is 7.05 Å². The van der Waals surface area contributed by atoms with Gasteiger partial charge in [0.25, 0.3) is 0 Å². The van der Waals surface area contributed by atoms with Crippen molar-refractivity contribution in [3.63, 3.8) is 0 Å². The molecule has 1 aliphatic heterocycles. The Morgan fingerprint density at radius 3 is 2.65 bits per heavy atom. The van der Waals surface area contributed by atoms with Crippen LogP contribution in [0.2, 0.25) is 0 Å². The molecule has 0 radical (unpaired) electrons. The normalized spacial score (nSPS) is 19.6. The molecule has 1 saturated heterocycles. The van der Waals surface area contributed by atoms with Gasteiger partial charge in [0.1, 0.15) is 10.7 Å². The predicted octanol–water partition coefficient (Wildman–Crippen LogP) is -0.240. The number of pyridine rings is 1. The minimum atomic E-state index is -3.73. The molecule has 0 saturated carbocycles. The fourth-order valence-electron chi connectivity index (χ4n) is 2.25. The Hall–Kier alpha value is -1.51. The van der Waals surface area contributed by atoms with Crippen molar-refractivity contribution >= 4 is 15.9 Å².